The summed E-state index contributed by atoms with van der Waals surface area (Å²) in [7, 11) is 0. The summed E-state index contributed by atoms with van der Waals surface area (Å²) < 4.78 is 0. The highest BCUT2D eigenvalue weighted by atomic mass is 14.6. The van der Waals surface area contributed by atoms with Gasteiger partial charge in [0.1, 0.15) is 0 Å². The third-order valence-electron chi connectivity index (χ3n) is 2.94. The summed E-state index contributed by atoms with van der Waals surface area (Å²) in [4.78, 5) is 0. The molecule has 0 amide bonds. The molecule has 2 aromatic rings. The summed E-state index contributed by atoms with van der Waals surface area (Å²) in [5.41, 5.74) is 12.9. The molecule has 4 N–H and O–H groups in total. The summed E-state index contributed by atoms with van der Waals surface area (Å²) in [6.07, 6.45) is 1.93. The van der Waals surface area contributed by atoms with Gasteiger partial charge in [0.2, 0.25) is 0 Å². The zero-order valence-electron chi connectivity index (χ0n) is 9.39. The van der Waals surface area contributed by atoms with E-state index in [2.05, 4.69) is 42.5 Å². The Morgan fingerprint density at radius 2 is 1.75 bits per heavy atom. The number of rotatable bonds is 4. The molecule has 0 fully saturated rings. The van der Waals surface area contributed by atoms with Crippen LogP contribution in [-0.4, -0.2) is 6.54 Å². The van der Waals surface area contributed by atoms with E-state index in [0.717, 1.165) is 12.8 Å². The summed E-state index contributed by atoms with van der Waals surface area (Å²) in [6.45, 7) is 0.707. The normalized spacial score (nSPS) is 12.9. The maximum Gasteiger partial charge on any atom is 0.0301 e. The summed E-state index contributed by atoms with van der Waals surface area (Å²) in [5, 5.41) is 2.51. The van der Waals surface area contributed by atoms with Crippen LogP contribution in [0.25, 0.3) is 10.8 Å². The molecular formula is C14H18N2. The second kappa shape index (κ2) is 5.10. The van der Waals surface area contributed by atoms with Crippen molar-refractivity contribution in [3.8, 4) is 0 Å². The van der Waals surface area contributed by atoms with Crippen molar-refractivity contribution in [2.45, 2.75) is 18.9 Å². The van der Waals surface area contributed by atoms with Crippen LogP contribution < -0.4 is 11.5 Å². The van der Waals surface area contributed by atoms with Gasteiger partial charge in [-0.2, -0.15) is 0 Å². The fourth-order valence-electron chi connectivity index (χ4n) is 2.07. The van der Waals surface area contributed by atoms with Crippen molar-refractivity contribution in [3.63, 3.8) is 0 Å². The predicted octanol–water partition coefficient (Wildman–Crippen LogP) is 2.58. The van der Waals surface area contributed by atoms with Gasteiger partial charge in [0.05, 0.1) is 0 Å². The highest BCUT2D eigenvalue weighted by Crippen LogP contribution is 2.25. The van der Waals surface area contributed by atoms with E-state index < -0.39 is 0 Å². The molecule has 0 unspecified atom stereocenters. The van der Waals surface area contributed by atoms with Crippen LogP contribution in [0.5, 0.6) is 0 Å². The third kappa shape index (κ3) is 2.23. The van der Waals surface area contributed by atoms with E-state index in [0.29, 0.717) is 6.54 Å². The monoisotopic (exact) mass is 214 g/mol. The van der Waals surface area contributed by atoms with Gasteiger partial charge in [-0.25, -0.2) is 0 Å². The zero-order valence-corrected chi connectivity index (χ0v) is 9.39. The van der Waals surface area contributed by atoms with Crippen LogP contribution in [-0.2, 0) is 0 Å². The van der Waals surface area contributed by atoms with Crippen LogP contribution in [0.3, 0.4) is 0 Å². The SMILES string of the molecule is NCCC[C@H](N)c1cccc2ccccc12. The molecule has 0 saturated heterocycles. The fourth-order valence-corrected chi connectivity index (χ4v) is 2.07. The van der Waals surface area contributed by atoms with E-state index in [9.17, 15) is 0 Å². The number of benzene rings is 2. The van der Waals surface area contributed by atoms with Crippen LogP contribution in [0.4, 0.5) is 0 Å². The average molecular weight is 214 g/mol. The Balaban J connectivity index is 2.36. The van der Waals surface area contributed by atoms with Gasteiger partial charge in [-0.15, -0.1) is 0 Å². The predicted molar refractivity (Wildman–Crippen MR) is 69.2 cm³/mol. The molecule has 1 atom stereocenters. The molecule has 0 saturated carbocycles. The number of fused-ring (bicyclic) bond motifs is 1. The van der Waals surface area contributed by atoms with Crippen LogP contribution >= 0.6 is 0 Å². The lowest BCUT2D eigenvalue weighted by molar-refractivity contribution is 0.621. The van der Waals surface area contributed by atoms with E-state index in [-0.39, 0.29) is 6.04 Å². The Bertz CT molecular complexity index is 460. The molecule has 2 nitrogen and oxygen atoms in total. The Morgan fingerprint density at radius 3 is 2.56 bits per heavy atom. The zero-order chi connectivity index (χ0) is 11.4. The summed E-state index contributed by atoms with van der Waals surface area (Å²) in [6, 6.07) is 14.8. The maximum atomic E-state index is 6.19. The first-order valence-corrected chi connectivity index (χ1v) is 5.76. The standard InChI is InChI=1S/C14H18N2/c15-10-4-9-14(16)13-8-3-6-11-5-1-2-7-12(11)13/h1-3,5-8,14H,4,9-10,15-16H2/t14-/m0/s1. The van der Waals surface area contributed by atoms with Crippen molar-refractivity contribution in [2.24, 2.45) is 11.5 Å². The number of hydrogen-bond acceptors (Lipinski definition) is 2. The highest BCUT2D eigenvalue weighted by molar-refractivity contribution is 5.86. The van der Waals surface area contributed by atoms with Gasteiger partial charge in [-0.1, -0.05) is 42.5 Å². The van der Waals surface area contributed by atoms with Crippen molar-refractivity contribution in [2.75, 3.05) is 6.54 Å². The van der Waals surface area contributed by atoms with Crippen LogP contribution in [0.1, 0.15) is 24.4 Å². The summed E-state index contributed by atoms with van der Waals surface area (Å²) >= 11 is 0. The molecule has 0 aromatic heterocycles. The Morgan fingerprint density at radius 1 is 1.00 bits per heavy atom. The Hall–Kier alpha value is -1.38. The second-order valence-corrected chi connectivity index (χ2v) is 4.11. The topological polar surface area (TPSA) is 52.0 Å². The van der Waals surface area contributed by atoms with Crippen LogP contribution in [0.15, 0.2) is 42.5 Å². The number of nitrogens with two attached hydrogens (primary N) is 2. The minimum atomic E-state index is 0.0923. The van der Waals surface area contributed by atoms with Crippen LogP contribution in [0, 0.1) is 0 Å². The quantitative estimate of drug-likeness (QED) is 0.822. The van der Waals surface area contributed by atoms with Gasteiger partial charge in [0.15, 0.2) is 0 Å². The smallest absolute Gasteiger partial charge is 0.0301 e. The van der Waals surface area contributed by atoms with E-state index >= 15 is 0 Å². The van der Waals surface area contributed by atoms with Crippen molar-refractivity contribution in [1.82, 2.24) is 0 Å². The van der Waals surface area contributed by atoms with Gasteiger partial charge < -0.3 is 11.5 Å². The van der Waals surface area contributed by atoms with E-state index in [4.69, 9.17) is 11.5 Å². The van der Waals surface area contributed by atoms with E-state index in [1.807, 2.05) is 0 Å². The lowest BCUT2D eigenvalue weighted by Gasteiger charge is -2.14. The molecule has 0 aliphatic rings. The molecule has 0 radical (unpaired) electrons. The highest BCUT2D eigenvalue weighted by Gasteiger charge is 2.08. The fraction of sp³-hybridized carbons (Fsp3) is 0.286. The summed E-state index contributed by atoms with van der Waals surface area (Å²) in [5.74, 6) is 0. The van der Waals surface area contributed by atoms with Crippen molar-refractivity contribution in [1.29, 1.82) is 0 Å². The van der Waals surface area contributed by atoms with E-state index in [1.54, 1.807) is 0 Å². The molecule has 2 heteroatoms. The molecule has 0 spiro atoms. The van der Waals surface area contributed by atoms with Crippen molar-refractivity contribution < 1.29 is 0 Å². The molecular weight excluding hydrogens is 196 g/mol. The molecule has 0 heterocycles. The lowest BCUT2D eigenvalue weighted by Crippen LogP contribution is -2.12. The van der Waals surface area contributed by atoms with Crippen molar-refractivity contribution >= 4 is 10.8 Å². The average Bonchev–Trinajstić information content (AvgIpc) is 2.35. The first kappa shape index (κ1) is 11.1. The first-order chi connectivity index (χ1) is 7.83. The molecule has 2 aromatic carbocycles. The minimum absolute atomic E-state index is 0.0923. The van der Waals surface area contributed by atoms with E-state index in [1.165, 1.54) is 16.3 Å². The van der Waals surface area contributed by atoms with Gasteiger partial charge in [0.25, 0.3) is 0 Å². The number of hydrogen-bond donors (Lipinski definition) is 2. The Labute approximate surface area is 96.3 Å². The first-order valence-electron chi connectivity index (χ1n) is 5.76. The maximum absolute atomic E-state index is 6.19. The lowest BCUT2D eigenvalue weighted by atomic mass is 9.96. The molecule has 2 rings (SSSR count). The Kier molecular flexibility index (Phi) is 3.54. The van der Waals surface area contributed by atoms with Crippen molar-refractivity contribution in [3.05, 3.63) is 48.0 Å². The third-order valence-corrected chi connectivity index (χ3v) is 2.94. The van der Waals surface area contributed by atoms with Crippen LogP contribution in [0.2, 0.25) is 0 Å². The molecule has 0 bridgehead atoms. The van der Waals surface area contributed by atoms with Gasteiger partial charge in [-0.05, 0) is 35.7 Å². The molecule has 84 valence electrons. The molecule has 0 aliphatic heterocycles. The molecule has 0 aliphatic carbocycles. The second-order valence-electron chi connectivity index (χ2n) is 4.11. The molecule has 16 heavy (non-hydrogen) atoms. The largest absolute Gasteiger partial charge is 0.330 e. The van der Waals surface area contributed by atoms with Gasteiger partial charge >= 0.3 is 0 Å². The van der Waals surface area contributed by atoms with Gasteiger partial charge in [-0.3, -0.25) is 0 Å². The minimum Gasteiger partial charge on any atom is -0.330 e. The van der Waals surface area contributed by atoms with Gasteiger partial charge in [0, 0.05) is 6.04 Å².